The number of benzene rings is 1. The molecule has 1 aromatic carbocycles. The zero-order valence-electron chi connectivity index (χ0n) is 5.97. The molecule has 56 valence electrons. The van der Waals surface area contributed by atoms with Crippen LogP contribution in [0.25, 0.3) is 10.9 Å². The summed E-state index contributed by atoms with van der Waals surface area (Å²) in [5, 5.41) is 1.07. The highest BCUT2D eigenvalue weighted by Gasteiger charge is 1.98. The largest absolute Gasteiger partial charge is 0.361 e. The van der Waals surface area contributed by atoms with Crippen molar-refractivity contribution in [1.29, 1.82) is 0 Å². The molecule has 1 aromatic heterocycles. The fourth-order valence-corrected chi connectivity index (χ4v) is 1.26. The molecule has 1 N–H and O–H groups in total. The van der Waals surface area contributed by atoms with Crippen LogP contribution in [-0.4, -0.2) is 4.98 Å². The monoisotopic (exact) mass is 149 g/mol. The van der Waals surface area contributed by atoms with E-state index in [1.165, 1.54) is 0 Å². The Kier molecular flexibility index (Phi) is 1.39. The first-order valence-corrected chi connectivity index (χ1v) is 3.53. The number of alkyl halides is 1. The van der Waals surface area contributed by atoms with Crippen LogP contribution in [0.3, 0.4) is 0 Å². The van der Waals surface area contributed by atoms with Gasteiger partial charge >= 0.3 is 0 Å². The number of aromatic nitrogens is 1. The number of rotatable bonds is 1. The minimum absolute atomic E-state index is 0.405. The smallest absolute Gasteiger partial charge is 0.117 e. The highest BCUT2D eigenvalue weighted by Crippen LogP contribution is 2.17. The summed E-state index contributed by atoms with van der Waals surface area (Å²) in [6, 6.07) is 7.56. The molecule has 0 saturated heterocycles. The van der Waals surface area contributed by atoms with E-state index >= 15 is 0 Å². The van der Waals surface area contributed by atoms with Crippen molar-refractivity contribution in [3.63, 3.8) is 0 Å². The Balaban J connectivity index is 2.79. The van der Waals surface area contributed by atoms with Crippen LogP contribution in [0.1, 0.15) is 5.56 Å². The van der Waals surface area contributed by atoms with E-state index in [4.69, 9.17) is 0 Å². The number of para-hydroxylation sites is 1. The average Bonchev–Trinajstić information content (AvgIpc) is 2.50. The SMILES string of the molecule is FCc1cccc2cc[nH]c12. The zero-order valence-corrected chi connectivity index (χ0v) is 5.97. The lowest BCUT2D eigenvalue weighted by Gasteiger charge is -1.95. The van der Waals surface area contributed by atoms with E-state index in [2.05, 4.69) is 4.98 Å². The summed E-state index contributed by atoms with van der Waals surface area (Å²) >= 11 is 0. The molecule has 0 saturated carbocycles. The molecule has 11 heavy (non-hydrogen) atoms. The van der Waals surface area contributed by atoms with Crippen LogP contribution in [0.2, 0.25) is 0 Å². The van der Waals surface area contributed by atoms with E-state index < -0.39 is 6.67 Å². The second-order valence-electron chi connectivity index (χ2n) is 2.49. The Morgan fingerprint density at radius 3 is 3.00 bits per heavy atom. The average molecular weight is 149 g/mol. The summed E-state index contributed by atoms with van der Waals surface area (Å²) in [7, 11) is 0. The molecule has 0 spiro atoms. The van der Waals surface area contributed by atoms with Crippen LogP contribution in [0.5, 0.6) is 0 Å². The van der Waals surface area contributed by atoms with Crippen LogP contribution in [0, 0.1) is 0 Å². The van der Waals surface area contributed by atoms with E-state index in [0.29, 0.717) is 0 Å². The molecular formula is C9H8FN. The summed E-state index contributed by atoms with van der Waals surface area (Å²) in [4.78, 5) is 3.00. The fourth-order valence-electron chi connectivity index (χ4n) is 1.26. The van der Waals surface area contributed by atoms with Gasteiger partial charge in [-0.1, -0.05) is 18.2 Å². The van der Waals surface area contributed by atoms with Crippen LogP contribution in [-0.2, 0) is 6.67 Å². The van der Waals surface area contributed by atoms with Crippen molar-refractivity contribution < 1.29 is 4.39 Å². The molecule has 0 fully saturated rings. The van der Waals surface area contributed by atoms with Gasteiger partial charge in [0.2, 0.25) is 0 Å². The molecule has 0 amide bonds. The molecule has 0 unspecified atom stereocenters. The molecule has 0 aliphatic rings. The van der Waals surface area contributed by atoms with Crippen LogP contribution < -0.4 is 0 Å². The molecule has 0 atom stereocenters. The maximum absolute atomic E-state index is 12.3. The van der Waals surface area contributed by atoms with Crippen molar-refractivity contribution in [3.05, 3.63) is 36.0 Å². The number of halogens is 1. The van der Waals surface area contributed by atoms with Crippen LogP contribution >= 0.6 is 0 Å². The van der Waals surface area contributed by atoms with Gasteiger partial charge in [-0.2, -0.15) is 0 Å². The Hall–Kier alpha value is -1.31. The first-order chi connectivity index (χ1) is 5.42. The lowest BCUT2D eigenvalue weighted by molar-refractivity contribution is 0.487. The van der Waals surface area contributed by atoms with Gasteiger partial charge in [0.05, 0.1) is 5.52 Å². The molecule has 0 aliphatic carbocycles. The molecule has 1 nitrogen and oxygen atoms in total. The quantitative estimate of drug-likeness (QED) is 0.641. The Labute approximate surface area is 63.9 Å². The Bertz CT molecular complexity index is 364. The summed E-state index contributed by atoms with van der Waals surface area (Å²) < 4.78 is 12.3. The van der Waals surface area contributed by atoms with Crippen LogP contribution in [0.15, 0.2) is 30.5 Å². The van der Waals surface area contributed by atoms with Crippen LogP contribution in [0.4, 0.5) is 4.39 Å². The van der Waals surface area contributed by atoms with Crippen molar-refractivity contribution in [1.82, 2.24) is 4.98 Å². The first-order valence-electron chi connectivity index (χ1n) is 3.53. The predicted molar refractivity (Wildman–Crippen MR) is 43.1 cm³/mol. The van der Waals surface area contributed by atoms with Gasteiger partial charge in [-0.15, -0.1) is 0 Å². The van der Waals surface area contributed by atoms with Crippen molar-refractivity contribution in [2.45, 2.75) is 6.67 Å². The van der Waals surface area contributed by atoms with E-state index in [9.17, 15) is 4.39 Å². The third-order valence-electron chi connectivity index (χ3n) is 1.82. The van der Waals surface area contributed by atoms with E-state index in [0.717, 1.165) is 16.5 Å². The number of nitrogens with one attached hydrogen (secondary N) is 1. The minimum Gasteiger partial charge on any atom is -0.361 e. The van der Waals surface area contributed by atoms with Gasteiger partial charge in [-0.05, 0) is 11.5 Å². The van der Waals surface area contributed by atoms with E-state index in [-0.39, 0.29) is 0 Å². The Morgan fingerprint density at radius 2 is 2.18 bits per heavy atom. The summed E-state index contributed by atoms with van der Waals surface area (Å²) in [6.07, 6.45) is 1.82. The van der Waals surface area contributed by atoms with Gasteiger partial charge in [0.15, 0.2) is 0 Å². The second kappa shape index (κ2) is 2.38. The lowest BCUT2D eigenvalue weighted by Crippen LogP contribution is -1.79. The van der Waals surface area contributed by atoms with Gasteiger partial charge in [0, 0.05) is 11.8 Å². The molecular weight excluding hydrogens is 141 g/mol. The zero-order chi connectivity index (χ0) is 7.68. The number of aromatic amines is 1. The van der Waals surface area contributed by atoms with Gasteiger partial charge in [-0.3, -0.25) is 0 Å². The van der Waals surface area contributed by atoms with Crippen molar-refractivity contribution in [2.75, 3.05) is 0 Å². The molecule has 2 rings (SSSR count). The van der Waals surface area contributed by atoms with E-state index in [1.54, 1.807) is 6.07 Å². The second-order valence-corrected chi connectivity index (χ2v) is 2.49. The number of hydrogen-bond acceptors (Lipinski definition) is 0. The van der Waals surface area contributed by atoms with Crippen molar-refractivity contribution in [3.8, 4) is 0 Å². The minimum atomic E-state index is -0.405. The van der Waals surface area contributed by atoms with Gasteiger partial charge in [0.1, 0.15) is 6.67 Å². The van der Waals surface area contributed by atoms with Gasteiger partial charge < -0.3 is 4.98 Å². The summed E-state index contributed by atoms with van der Waals surface area (Å²) in [5.41, 5.74) is 1.64. The van der Waals surface area contributed by atoms with Gasteiger partial charge in [0.25, 0.3) is 0 Å². The van der Waals surface area contributed by atoms with Crippen molar-refractivity contribution in [2.24, 2.45) is 0 Å². The maximum Gasteiger partial charge on any atom is 0.117 e. The normalized spacial score (nSPS) is 10.6. The molecule has 0 bridgehead atoms. The predicted octanol–water partition coefficient (Wildman–Crippen LogP) is 2.64. The first kappa shape index (κ1) is 6.40. The van der Waals surface area contributed by atoms with Crippen molar-refractivity contribution >= 4 is 10.9 Å². The third-order valence-corrected chi connectivity index (χ3v) is 1.82. The fraction of sp³-hybridized carbons (Fsp3) is 0.111. The molecule has 2 heteroatoms. The molecule has 0 aliphatic heterocycles. The molecule has 2 aromatic rings. The topological polar surface area (TPSA) is 15.8 Å². The summed E-state index contributed by atoms with van der Waals surface area (Å²) in [6.45, 7) is -0.405. The number of H-pyrrole nitrogens is 1. The number of fused-ring (bicyclic) bond motifs is 1. The lowest BCUT2D eigenvalue weighted by atomic mass is 10.2. The Morgan fingerprint density at radius 1 is 1.27 bits per heavy atom. The highest BCUT2D eigenvalue weighted by molar-refractivity contribution is 5.82. The molecule has 0 radical (unpaired) electrons. The van der Waals surface area contributed by atoms with Gasteiger partial charge in [-0.25, -0.2) is 4.39 Å². The number of hydrogen-bond donors (Lipinski definition) is 1. The standard InChI is InChI=1S/C9H8FN/c10-6-8-3-1-2-7-4-5-11-9(7)8/h1-5,11H,6H2. The maximum atomic E-state index is 12.3. The van der Waals surface area contributed by atoms with E-state index in [1.807, 2.05) is 24.4 Å². The summed E-state index contributed by atoms with van der Waals surface area (Å²) in [5.74, 6) is 0. The molecule has 1 heterocycles. The third kappa shape index (κ3) is 0.909. The highest BCUT2D eigenvalue weighted by atomic mass is 19.1.